The van der Waals surface area contributed by atoms with Crippen LogP contribution in [0, 0.1) is 5.82 Å². The van der Waals surface area contributed by atoms with Crippen molar-refractivity contribution < 1.29 is 14.3 Å². The van der Waals surface area contributed by atoms with Gasteiger partial charge in [-0.3, -0.25) is 0 Å². The molecule has 1 aromatic rings. The van der Waals surface area contributed by atoms with Gasteiger partial charge in [0.2, 0.25) is 0 Å². The molecule has 0 saturated carbocycles. The van der Waals surface area contributed by atoms with Gasteiger partial charge in [0, 0.05) is 11.1 Å². The molecular formula is C13H19FN2O2. The quantitative estimate of drug-likeness (QED) is 0.367. The van der Waals surface area contributed by atoms with E-state index in [-0.39, 0.29) is 18.0 Å². The zero-order valence-electron chi connectivity index (χ0n) is 10.9. The summed E-state index contributed by atoms with van der Waals surface area (Å²) in [6.45, 7) is 6.12. The third-order valence-corrected chi connectivity index (χ3v) is 2.93. The Balaban J connectivity index is 2.81. The van der Waals surface area contributed by atoms with Gasteiger partial charge >= 0.3 is 0 Å². The molecule has 0 heterocycles. The van der Waals surface area contributed by atoms with Crippen LogP contribution in [0.5, 0.6) is 0 Å². The largest absolute Gasteiger partial charge is 0.409 e. The lowest BCUT2D eigenvalue weighted by Gasteiger charge is -2.23. The highest BCUT2D eigenvalue weighted by molar-refractivity contribution is 5.97. The fraction of sp³-hybridized carbons (Fsp3) is 0.462. The van der Waals surface area contributed by atoms with Crippen molar-refractivity contribution in [2.24, 2.45) is 10.9 Å². The molecule has 4 nitrogen and oxygen atoms in total. The number of rotatable bonds is 5. The highest BCUT2D eigenvalue weighted by Crippen LogP contribution is 2.18. The number of oxime groups is 1. The van der Waals surface area contributed by atoms with Crippen LogP contribution in [0.4, 0.5) is 4.39 Å². The topological polar surface area (TPSA) is 67.8 Å². The molecular weight excluding hydrogens is 235 g/mol. The summed E-state index contributed by atoms with van der Waals surface area (Å²) < 4.78 is 19.4. The molecule has 1 rings (SSSR count). The van der Waals surface area contributed by atoms with Crippen LogP contribution >= 0.6 is 0 Å². The van der Waals surface area contributed by atoms with E-state index in [2.05, 4.69) is 5.16 Å². The van der Waals surface area contributed by atoms with Crippen molar-refractivity contribution in [3.63, 3.8) is 0 Å². The van der Waals surface area contributed by atoms with Crippen LogP contribution in [-0.4, -0.2) is 16.6 Å². The molecule has 0 spiro atoms. The Morgan fingerprint density at radius 3 is 2.67 bits per heavy atom. The Bertz CT molecular complexity index is 445. The lowest BCUT2D eigenvalue weighted by molar-refractivity contribution is -0.0326. The molecule has 1 aromatic carbocycles. The summed E-state index contributed by atoms with van der Waals surface area (Å²) in [5, 5.41) is 11.3. The number of ether oxygens (including phenoxy) is 1. The minimum absolute atomic E-state index is 0.116. The van der Waals surface area contributed by atoms with Crippen molar-refractivity contribution in [2.75, 3.05) is 0 Å². The molecule has 100 valence electrons. The summed E-state index contributed by atoms with van der Waals surface area (Å²) in [6, 6.07) is 4.40. The molecule has 3 N–H and O–H groups in total. The number of amidine groups is 1. The normalized spacial score (nSPS) is 12.8. The lowest BCUT2D eigenvalue weighted by atomic mass is 10.1. The van der Waals surface area contributed by atoms with Gasteiger partial charge in [0.25, 0.3) is 0 Å². The fourth-order valence-corrected chi connectivity index (χ4v) is 1.26. The molecule has 0 radical (unpaired) electrons. The highest BCUT2D eigenvalue weighted by Gasteiger charge is 2.16. The first-order chi connectivity index (χ1) is 8.39. The summed E-state index contributed by atoms with van der Waals surface area (Å²) in [5.74, 6) is -0.541. The summed E-state index contributed by atoms with van der Waals surface area (Å²) in [4.78, 5) is 0. The molecule has 0 bridgehead atoms. The minimum atomic E-state index is -0.425. The number of nitrogens with zero attached hydrogens (tertiary/aromatic N) is 1. The predicted octanol–water partition coefficient (Wildman–Crippen LogP) is 2.63. The van der Waals surface area contributed by atoms with Gasteiger partial charge in [-0.05, 0) is 26.3 Å². The Labute approximate surface area is 106 Å². The summed E-state index contributed by atoms with van der Waals surface area (Å²) in [6.07, 6.45) is 0.844. The zero-order valence-corrected chi connectivity index (χ0v) is 10.9. The molecule has 0 aliphatic rings. The third kappa shape index (κ3) is 3.70. The Morgan fingerprint density at radius 1 is 1.50 bits per heavy atom. The van der Waals surface area contributed by atoms with Crippen LogP contribution < -0.4 is 5.73 Å². The van der Waals surface area contributed by atoms with Gasteiger partial charge in [-0.15, -0.1) is 0 Å². The van der Waals surface area contributed by atoms with Crippen LogP contribution in [0.1, 0.15) is 38.3 Å². The van der Waals surface area contributed by atoms with Gasteiger partial charge in [0.1, 0.15) is 5.82 Å². The number of hydrogen-bond acceptors (Lipinski definition) is 3. The molecule has 0 saturated heterocycles. The third-order valence-electron chi connectivity index (χ3n) is 2.93. The maximum atomic E-state index is 13.8. The summed E-state index contributed by atoms with van der Waals surface area (Å²) in [7, 11) is 0. The molecule has 0 aromatic heterocycles. The Hall–Kier alpha value is -1.62. The van der Waals surface area contributed by atoms with E-state index < -0.39 is 5.82 Å². The van der Waals surface area contributed by atoms with E-state index in [1.165, 1.54) is 6.07 Å². The van der Waals surface area contributed by atoms with Crippen LogP contribution in [-0.2, 0) is 11.3 Å². The lowest BCUT2D eigenvalue weighted by Crippen LogP contribution is -2.23. The van der Waals surface area contributed by atoms with Crippen molar-refractivity contribution >= 4 is 5.84 Å². The molecule has 0 amide bonds. The minimum Gasteiger partial charge on any atom is -0.409 e. The summed E-state index contributed by atoms with van der Waals surface area (Å²) in [5.41, 5.74) is 5.89. The number of hydrogen-bond donors (Lipinski definition) is 2. The molecule has 0 fully saturated rings. The number of halogens is 1. The smallest absolute Gasteiger partial charge is 0.170 e. The molecule has 0 atom stereocenters. The van der Waals surface area contributed by atoms with Crippen molar-refractivity contribution in [2.45, 2.75) is 39.4 Å². The molecule has 0 aliphatic heterocycles. The van der Waals surface area contributed by atoms with E-state index in [1.807, 2.05) is 20.8 Å². The van der Waals surface area contributed by atoms with E-state index in [4.69, 9.17) is 15.7 Å². The average Bonchev–Trinajstić information content (AvgIpc) is 2.36. The van der Waals surface area contributed by atoms with Crippen LogP contribution in [0.3, 0.4) is 0 Å². The zero-order chi connectivity index (χ0) is 13.8. The molecule has 5 heteroatoms. The highest BCUT2D eigenvalue weighted by atomic mass is 19.1. The SMILES string of the molecule is CCC(C)(C)OCc1ccc(/C(N)=N/O)cc1F. The second-order valence-electron chi connectivity index (χ2n) is 4.69. The molecule has 18 heavy (non-hydrogen) atoms. The van der Waals surface area contributed by atoms with Crippen LogP contribution in [0.15, 0.2) is 23.4 Å². The van der Waals surface area contributed by atoms with Gasteiger partial charge < -0.3 is 15.7 Å². The van der Waals surface area contributed by atoms with E-state index >= 15 is 0 Å². The molecule has 0 aliphatic carbocycles. The monoisotopic (exact) mass is 254 g/mol. The first-order valence-corrected chi connectivity index (χ1v) is 5.80. The second kappa shape index (κ2) is 5.82. The first-order valence-electron chi connectivity index (χ1n) is 5.80. The van der Waals surface area contributed by atoms with E-state index in [0.717, 1.165) is 6.42 Å². The predicted molar refractivity (Wildman–Crippen MR) is 68.1 cm³/mol. The van der Waals surface area contributed by atoms with E-state index in [1.54, 1.807) is 12.1 Å². The maximum absolute atomic E-state index is 13.8. The van der Waals surface area contributed by atoms with Crippen molar-refractivity contribution in [3.8, 4) is 0 Å². The Morgan fingerprint density at radius 2 is 2.17 bits per heavy atom. The van der Waals surface area contributed by atoms with E-state index in [0.29, 0.717) is 11.1 Å². The summed E-state index contributed by atoms with van der Waals surface area (Å²) >= 11 is 0. The average molecular weight is 254 g/mol. The van der Waals surface area contributed by atoms with Gasteiger partial charge in [0.15, 0.2) is 5.84 Å². The van der Waals surface area contributed by atoms with Gasteiger partial charge in [-0.1, -0.05) is 24.2 Å². The van der Waals surface area contributed by atoms with E-state index in [9.17, 15) is 4.39 Å². The first kappa shape index (κ1) is 14.4. The van der Waals surface area contributed by atoms with Gasteiger partial charge in [-0.2, -0.15) is 0 Å². The Kier molecular flexibility index (Phi) is 4.67. The fourth-order valence-electron chi connectivity index (χ4n) is 1.26. The van der Waals surface area contributed by atoms with Crippen LogP contribution in [0.2, 0.25) is 0 Å². The van der Waals surface area contributed by atoms with Gasteiger partial charge in [-0.25, -0.2) is 4.39 Å². The van der Waals surface area contributed by atoms with Crippen molar-refractivity contribution in [1.82, 2.24) is 0 Å². The standard InChI is InChI=1S/C13H19FN2O2/c1-4-13(2,3)18-8-10-6-5-9(7-11(10)14)12(15)16-17/h5-7,17H,4,8H2,1-3H3,(H2,15,16). The maximum Gasteiger partial charge on any atom is 0.170 e. The number of nitrogens with two attached hydrogens (primary N) is 1. The second-order valence-corrected chi connectivity index (χ2v) is 4.69. The number of benzene rings is 1. The van der Waals surface area contributed by atoms with Crippen molar-refractivity contribution in [3.05, 3.63) is 35.1 Å². The van der Waals surface area contributed by atoms with Gasteiger partial charge in [0.05, 0.1) is 12.2 Å². The van der Waals surface area contributed by atoms with Crippen LogP contribution in [0.25, 0.3) is 0 Å². The molecule has 0 unspecified atom stereocenters. The van der Waals surface area contributed by atoms with Crippen molar-refractivity contribution in [1.29, 1.82) is 0 Å².